The van der Waals surface area contributed by atoms with Gasteiger partial charge in [0.2, 0.25) is 0 Å². The van der Waals surface area contributed by atoms with Crippen LogP contribution in [0, 0.1) is 11.3 Å². The first-order valence-corrected chi connectivity index (χ1v) is 8.22. The van der Waals surface area contributed by atoms with E-state index in [1.807, 2.05) is 11.8 Å². The zero-order valence-electron chi connectivity index (χ0n) is 12.2. The van der Waals surface area contributed by atoms with Crippen LogP contribution in [0.15, 0.2) is 0 Å². The first kappa shape index (κ1) is 15.3. The molecule has 1 saturated carbocycles. The summed E-state index contributed by atoms with van der Waals surface area (Å²) in [5, 5.41) is 0. The third-order valence-electron chi connectivity index (χ3n) is 4.58. The summed E-state index contributed by atoms with van der Waals surface area (Å²) in [6, 6.07) is 1.05. The largest absolute Gasteiger partial charge is 0.327 e. The molecule has 1 aliphatic carbocycles. The smallest absolute Gasteiger partial charge is 0.0131 e. The van der Waals surface area contributed by atoms with Gasteiger partial charge in [-0.3, -0.25) is 0 Å². The van der Waals surface area contributed by atoms with Crippen LogP contribution in [-0.2, 0) is 0 Å². The zero-order valence-corrected chi connectivity index (χ0v) is 13.0. The minimum Gasteiger partial charge on any atom is -0.327 e. The summed E-state index contributed by atoms with van der Waals surface area (Å²) in [5.74, 6) is 1.94. The molecule has 17 heavy (non-hydrogen) atoms. The predicted molar refractivity (Wildman–Crippen MR) is 79.6 cm³/mol. The molecule has 0 amide bonds. The SMILES string of the molecule is CSCCC(C)N(C)CC1CCC(C)(C)C1N. The topological polar surface area (TPSA) is 29.3 Å². The van der Waals surface area contributed by atoms with E-state index in [2.05, 4.69) is 39.0 Å². The van der Waals surface area contributed by atoms with Crippen molar-refractivity contribution in [1.82, 2.24) is 4.90 Å². The summed E-state index contributed by atoms with van der Waals surface area (Å²) in [7, 11) is 2.25. The average molecular weight is 258 g/mol. The van der Waals surface area contributed by atoms with Gasteiger partial charge in [-0.05, 0) is 56.6 Å². The van der Waals surface area contributed by atoms with Crippen LogP contribution in [-0.4, -0.2) is 42.6 Å². The van der Waals surface area contributed by atoms with Crippen molar-refractivity contribution in [3.8, 4) is 0 Å². The Morgan fingerprint density at radius 2 is 2.12 bits per heavy atom. The summed E-state index contributed by atoms with van der Waals surface area (Å²) in [4.78, 5) is 2.50. The Hall–Kier alpha value is 0.270. The van der Waals surface area contributed by atoms with Gasteiger partial charge in [-0.15, -0.1) is 0 Å². The summed E-state index contributed by atoms with van der Waals surface area (Å²) >= 11 is 1.94. The fourth-order valence-corrected chi connectivity index (χ4v) is 3.38. The summed E-state index contributed by atoms with van der Waals surface area (Å²) in [6.45, 7) is 8.13. The van der Waals surface area contributed by atoms with E-state index < -0.39 is 0 Å². The quantitative estimate of drug-likeness (QED) is 0.794. The van der Waals surface area contributed by atoms with Gasteiger partial charge in [0, 0.05) is 18.6 Å². The van der Waals surface area contributed by atoms with Crippen molar-refractivity contribution in [2.24, 2.45) is 17.1 Å². The number of nitrogens with two attached hydrogens (primary N) is 1. The van der Waals surface area contributed by atoms with E-state index >= 15 is 0 Å². The van der Waals surface area contributed by atoms with Crippen LogP contribution < -0.4 is 5.73 Å². The summed E-state index contributed by atoms with van der Waals surface area (Å²) < 4.78 is 0. The lowest BCUT2D eigenvalue weighted by Gasteiger charge is -2.32. The van der Waals surface area contributed by atoms with Gasteiger partial charge < -0.3 is 10.6 Å². The van der Waals surface area contributed by atoms with Crippen LogP contribution in [0.5, 0.6) is 0 Å². The molecule has 102 valence electrons. The second kappa shape index (κ2) is 6.44. The lowest BCUT2D eigenvalue weighted by molar-refractivity contribution is 0.192. The second-order valence-corrected chi connectivity index (χ2v) is 7.37. The molecule has 0 spiro atoms. The summed E-state index contributed by atoms with van der Waals surface area (Å²) in [5.41, 5.74) is 6.72. The predicted octanol–water partition coefficient (Wildman–Crippen LogP) is 2.82. The van der Waals surface area contributed by atoms with Gasteiger partial charge in [-0.1, -0.05) is 13.8 Å². The van der Waals surface area contributed by atoms with Gasteiger partial charge in [0.1, 0.15) is 0 Å². The standard InChI is InChI=1S/C14H30N2S/c1-11(7-9-17-5)16(4)10-12-6-8-14(2,3)13(12)15/h11-13H,6-10,15H2,1-5H3. The van der Waals surface area contributed by atoms with E-state index in [0.717, 1.165) is 0 Å². The normalized spacial score (nSPS) is 29.8. The van der Waals surface area contributed by atoms with Crippen molar-refractivity contribution >= 4 is 11.8 Å². The number of hydrogen-bond donors (Lipinski definition) is 1. The lowest BCUT2D eigenvalue weighted by atomic mass is 9.85. The van der Waals surface area contributed by atoms with Crippen molar-refractivity contribution in [3.05, 3.63) is 0 Å². The molecule has 2 N–H and O–H groups in total. The molecule has 3 unspecified atom stereocenters. The van der Waals surface area contributed by atoms with Crippen LogP contribution >= 0.6 is 11.8 Å². The molecule has 0 aromatic rings. The minimum absolute atomic E-state index is 0.341. The maximum Gasteiger partial charge on any atom is 0.0131 e. The molecular formula is C14H30N2S. The minimum atomic E-state index is 0.341. The molecule has 0 bridgehead atoms. The van der Waals surface area contributed by atoms with Gasteiger partial charge in [0.05, 0.1) is 0 Å². The third kappa shape index (κ3) is 4.15. The highest BCUT2D eigenvalue weighted by Crippen LogP contribution is 2.40. The van der Waals surface area contributed by atoms with Crippen LogP contribution in [0.3, 0.4) is 0 Å². The Kier molecular flexibility index (Phi) is 5.81. The Labute approximate surface area is 112 Å². The molecule has 0 heterocycles. The van der Waals surface area contributed by atoms with Crippen molar-refractivity contribution < 1.29 is 0 Å². The van der Waals surface area contributed by atoms with Crippen molar-refractivity contribution in [2.45, 2.75) is 52.1 Å². The molecule has 0 aliphatic heterocycles. The number of thioether (sulfide) groups is 1. The van der Waals surface area contributed by atoms with Crippen molar-refractivity contribution in [2.75, 3.05) is 25.6 Å². The van der Waals surface area contributed by atoms with Crippen molar-refractivity contribution in [3.63, 3.8) is 0 Å². The molecule has 3 heteroatoms. The highest BCUT2D eigenvalue weighted by Gasteiger charge is 2.39. The molecule has 2 nitrogen and oxygen atoms in total. The van der Waals surface area contributed by atoms with Gasteiger partial charge >= 0.3 is 0 Å². The monoisotopic (exact) mass is 258 g/mol. The highest BCUT2D eigenvalue weighted by atomic mass is 32.2. The number of nitrogens with zero attached hydrogens (tertiary/aromatic N) is 1. The Bertz CT molecular complexity index is 230. The molecule has 0 saturated heterocycles. The van der Waals surface area contributed by atoms with Crippen LogP contribution in [0.1, 0.15) is 40.0 Å². The van der Waals surface area contributed by atoms with Gasteiger partial charge in [0.15, 0.2) is 0 Å². The molecule has 0 aromatic heterocycles. The second-order valence-electron chi connectivity index (χ2n) is 6.38. The lowest BCUT2D eigenvalue weighted by Crippen LogP contribution is -2.43. The molecule has 1 rings (SSSR count). The van der Waals surface area contributed by atoms with Gasteiger partial charge in [0.25, 0.3) is 0 Å². The van der Waals surface area contributed by atoms with Crippen LogP contribution in [0.2, 0.25) is 0 Å². The average Bonchev–Trinajstić information content (AvgIpc) is 2.53. The molecule has 0 radical (unpaired) electrons. The third-order valence-corrected chi connectivity index (χ3v) is 5.23. The van der Waals surface area contributed by atoms with E-state index in [4.69, 9.17) is 5.73 Å². The highest BCUT2D eigenvalue weighted by molar-refractivity contribution is 7.98. The Balaban J connectivity index is 2.39. The molecule has 3 atom stereocenters. The maximum absolute atomic E-state index is 6.37. The number of hydrogen-bond acceptors (Lipinski definition) is 3. The van der Waals surface area contributed by atoms with Gasteiger partial charge in [-0.2, -0.15) is 11.8 Å². The number of rotatable bonds is 6. The van der Waals surface area contributed by atoms with Crippen LogP contribution in [0.4, 0.5) is 0 Å². The van der Waals surface area contributed by atoms with E-state index in [1.54, 1.807) is 0 Å². The molecule has 0 aromatic carbocycles. The van der Waals surface area contributed by atoms with E-state index in [0.29, 0.717) is 23.4 Å². The molecular weight excluding hydrogens is 228 g/mol. The Morgan fingerprint density at radius 1 is 1.47 bits per heavy atom. The maximum atomic E-state index is 6.37. The summed E-state index contributed by atoms with van der Waals surface area (Å²) in [6.07, 6.45) is 6.05. The molecule has 1 fully saturated rings. The van der Waals surface area contributed by atoms with Crippen LogP contribution in [0.25, 0.3) is 0 Å². The first-order chi connectivity index (χ1) is 7.88. The van der Waals surface area contributed by atoms with E-state index in [9.17, 15) is 0 Å². The Morgan fingerprint density at radius 3 is 2.59 bits per heavy atom. The molecule has 1 aliphatic rings. The van der Waals surface area contributed by atoms with Crippen molar-refractivity contribution in [1.29, 1.82) is 0 Å². The first-order valence-electron chi connectivity index (χ1n) is 6.83. The van der Waals surface area contributed by atoms with E-state index in [1.165, 1.54) is 31.6 Å². The zero-order chi connectivity index (χ0) is 13.1. The van der Waals surface area contributed by atoms with E-state index in [-0.39, 0.29) is 0 Å². The fraction of sp³-hybridized carbons (Fsp3) is 1.00. The van der Waals surface area contributed by atoms with Gasteiger partial charge in [-0.25, -0.2) is 0 Å². The fourth-order valence-electron chi connectivity index (χ4n) is 2.81.